The molecule has 0 aromatic carbocycles. The highest BCUT2D eigenvalue weighted by Gasteiger charge is 2.16. The molecule has 1 aromatic heterocycles. The Kier molecular flexibility index (Phi) is 5.92. The summed E-state index contributed by atoms with van der Waals surface area (Å²) in [5.41, 5.74) is 0. The van der Waals surface area contributed by atoms with Crippen molar-refractivity contribution < 1.29 is 4.74 Å². The van der Waals surface area contributed by atoms with Gasteiger partial charge in [-0.2, -0.15) is 0 Å². The Morgan fingerprint density at radius 2 is 2.11 bits per heavy atom. The molecular formula is C14H23N3OS. The number of thioether (sulfide) groups is 1. The van der Waals surface area contributed by atoms with Gasteiger partial charge in [0.25, 0.3) is 0 Å². The van der Waals surface area contributed by atoms with Gasteiger partial charge in [0.05, 0.1) is 0 Å². The summed E-state index contributed by atoms with van der Waals surface area (Å²) in [5, 5.41) is 5.03. The van der Waals surface area contributed by atoms with Crippen molar-refractivity contribution in [3.8, 4) is 0 Å². The van der Waals surface area contributed by atoms with Gasteiger partial charge in [0.2, 0.25) is 0 Å². The summed E-state index contributed by atoms with van der Waals surface area (Å²) in [7, 11) is 0. The van der Waals surface area contributed by atoms with Crippen LogP contribution in [0.2, 0.25) is 0 Å². The molecule has 0 radical (unpaired) electrons. The van der Waals surface area contributed by atoms with E-state index in [1.807, 2.05) is 11.8 Å². The molecule has 1 aliphatic rings. The molecule has 0 amide bonds. The van der Waals surface area contributed by atoms with Gasteiger partial charge in [-0.3, -0.25) is 0 Å². The van der Waals surface area contributed by atoms with E-state index in [0.29, 0.717) is 5.25 Å². The first-order valence-corrected chi connectivity index (χ1v) is 8.06. The van der Waals surface area contributed by atoms with Crippen molar-refractivity contribution in [1.82, 2.24) is 9.97 Å². The third kappa shape index (κ3) is 4.66. The van der Waals surface area contributed by atoms with Crippen LogP contribution in [0.4, 0.5) is 5.82 Å². The first kappa shape index (κ1) is 14.6. The van der Waals surface area contributed by atoms with Gasteiger partial charge in [0, 0.05) is 37.5 Å². The molecule has 5 heteroatoms. The predicted molar refractivity (Wildman–Crippen MR) is 79.9 cm³/mol. The molecular weight excluding hydrogens is 258 g/mol. The van der Waals surface area contributed by atoms with Crippen molar-refractivity contribution in [1.29, 1.82) is 0 Å². The highest BCUT2D eigenvalue weighted by atomic mass is 32.2. The van der Waals surface area contributed by atoms with Crippen molar-refractivity contribution in [2.24, 2.45) is 0 Å². The molecule has 1 aliphatic heterocycles. The van der Waals surface area contributed by atoms with Crippen molar-refractivity contribution in [3.05, 3.63) is 11.9 Å². The molecule has 0 bridgehead atoms. The smallest absolute Gasteiger partial charge is 0.132 e. The summed E-state index contributed by atoms with van der Waals surface area (Å²) >= 11 is 1.87. The third-order valence-electron chi connectivity index (χ3n) is 3.04. The molecule has 4 nitrogen and oxygen atoms in total. The minimum Gasteiger partial charge on any atom is -0.381 e. The van der Waals surface area contributed by atoms with E-state index in [9.17, 15) is 0 Å². The lowest BCUT2D eigenvalue weighted by Gasteiger charge is -2.21. The van der Waals surface area contributed by atoms with E-state index in [4.69, 9.17) is 4.74 Å². The molecule has 0 unspecified atom stereocenters. The molecule has 0 spiro atoms. The van der Waals surface area contributed by atoms with E-state index in [1.165, 1.54) is 0 Å². The zero-order chi connectivity index (χ0) is 13.5. The zero-order valence-electron chi connectivity index (χ0n) is 11.8. The summed E-state index contributed by atoms with van der Waals surface area (Å²) in [6.07, 6.45) is 4.26. The molecule has 0 saturated carbocycles. The largest absolute Gasteiger partial charge is 0.381 e. The van der Waals surface area contributed by atoms with E-state index < -0.39 is 0 Å². The van der Waals surface area contributed by atoms with Gasteiger partial charge >= 0.3 is 0 Å². The molecule has 0 aliphatic carbocycles. The van der Waals surface area contributed by atoms with Crippen molar-refractivity contribution >= 4 is 17.6 Å². The van der Waals surface area contributed by atoms with Gasteiger partial charge in [-0.25, -0.2) is 9.97 Å². The minimum absolute atomic E-state index is 0.632. The van der Waals surface area contributed by atoms with Crippen LogP contribution in [0.1, 0.15) is 38.9 Å². The average Bonchev–Trinajstić information content (AvgIpc) is 2.40. The molecule has 1 saturated heterocycles. The van der Waals surface area contributed by atoms with Crippen molar-refractivity contribution in [3.63, 3.8) is 0 Å². The van der Waals surface area contributed by atoms with Crippen molar-refractivity contribution in [2.75, 3.05) is 25.1 Å². The lowest BCUT2D eigenvalue weighted by Crippen LogP contribution is -2.17. The van der Waals surface area contributed by atoms with Gasteiger partial charge < -0.3 is 10.1 Å². The minimum atomic E-state index is 0.632. The van der Waals surface area contributed by atoms with Gasteiger partial charge in [-0.1, -0.05) is 6.92 Å². The summed E-state index contributed by atoms with van der Waals surface area (Å²) in [4.78, 5) is 9.22. The highest BCUT2D eigenvalue weighted by Crippen LogP contribution is 2.29. The lowest BCUT2D eigenvalue weighted by atomic mass is 10.2. The second-order valence-electron chi connectivity index (χ2n) is 4.72. The molecule has 2 heterocycles. The maximum Gasteiger partial charge on any atom is 0.132 e. The summed E-state index contributed by atoms with van der Waals surface area (Å²) in [6.45, 7) is 6.90. The van der Waals surface area contributed by atoms with Gasteiger partial charge in [-0.05, 0) is 26.2 Å². The summed E-state index contributed by atoms with van der Waals surface area (Å²) in [6, 6.07) is 2.07. The molecule has 19 heavy (non-hydrogen) atoms. The van der Waals surface area contributed by atoms with Crippen LogP contribution < -0.4 is 5.32 Å². The van der Waals surface area contributed by atoms with E-state index in [0.717, 1.165) is 62.1 Å². The molecule has 1 fully saturated rings. The van der Waals surface area contributed by atoms with Crippen LogP contribution in [0.25, 0.3) is 0 Å². The Labute approximate surface area is 119 Å². The SMILES string of the molecule is CCCc1nc(NCC)cc(SC2CCOCC2)n1. The van der Waals surface area contributed by atoms with Crippen LogP contribution in [-0.4, -0.2) is 35.0 Å². The van der Waals surface area contributed by atoms with Gasteiger partial charge in [0.1, 0.15) is 16.7 Å². The molecule has 1 aromatic rings. The second kappa shape index (κ2) is 7.70. The maximum absolute atomic E-state index is 5.40. The van der Waals surface area contributed by atoms with E-state index in [-0.39, 0.29) is 0 Å². The molecule has 1 N–H and O–H groups in total. The third-order valence-corrected chi connectivity index (χ3v) is 4.29. The Morgan fingerprint density at radius 3 is 2.79 bits per heavy atom. The Morgan fingerprint density at radius 1 is 1.32 bits per heavy atom. The second-order valence-corrected chi connectivity index (χ2v) is 6.04. The monoisotopic (exact) mass is 281 g/mol. The van der Waals surface area contributed by atoms with Crippen LogP contribution in [0.3, 0.4) is 0 Å². The first-order valence-electron chi connectivity index (χ1n) is 7.18. The summed E-state index contributed by atoms with van der Waals surface area (Å²) < 4.78 is 5.40. The highest BCUT2D eigenvalue weighted by molar-refractivity contribution is 7.99. The van der Waals surface area contributed by atoms with Crippen LogP contribution in [0.15, 0.2) is 11.1 Å². The predicted octanol–water partition coefficient (Wildman–Crippen LogP) is 3.13. The van der Waals surface area contributed by atoms with Crippen LogP contribution >= 0.6 is 11.8 Å². The van der Waals surface area contributed by atoms with Crippen molar-refractivity contribution in [2.45, 2.75) is 49.8 Å². The van der Waals surface area contributed by atoms with E-state index in [1.54, 1.807) is 0 Å². The summed E-state index contributed by atoms with van der Waals surface area (Å²) in [5.74, 6) is 1.91. The van der Waals surface area contributed by atoms with Crippen LogP contribution in [0.5, 0.6) is 0 Å². The first-order chi connectivity index (χ1) is 9.31. The molecule has 106 valence electrons. The van der Waals surface area contributed by atoms with E-state index in [2.05, 4.69) is 35.2 Å². The topological polar surface area (TPSA) is 47.0 Å². The van der Waals surface area contributed by atoms with Crippen LogP contribution in [-0.2, 0) is 11.2 Å². The average molecular weight is 281 g/mol. The normalized spacial score (nSPS) is 16.5. The quantitative estimate of drug-likeness (QED) is 0.812. The fourth-order valence-corrected chi connectivity index (χ4v) is 3.21. The Balaban J connectivity index is 2.08. The van der Waals surface area contributed by atoms with Gasteiger partial charge in [0.15, 0.2) is 0 Å². The molecule has 0 atom stereocenters. The Bertz CT molecular complexity index is 370. The number of aryl methyl sites for hydroxylation is 1. The fraction of sp³-hybridized carbons (Fsp3) is 0.714. The zero-order valence-corrected chi connectivity index (χ0v) is 12.6. The number of nitrogens with zero attached hydrogens (tertiary/aromatic N) is 2. The number of hydrogen-bond acceptors (Lipinski definition) is 5. The number of nitrogens with one attached hydrogen (secondary N) is 1. The number of rotatable bonds is 6. The lowest BCUT2D eigenvalue weighted by molar-refractivity contribution is 0.1000. The fourth-order valence-electron chi connectivity index (χ4n) is 2.10. The van der Waals surface area contributed by atoms with Crippen LogP contribution in [0, 0.1) is 0 Å². The number of aromatic nitrogens is 2. The number of anilines is 1. The standard InChI is InChI=1S/C14H23N3OS/c1-3-5-12-16-13(15-4-2)10-14(17-12)19-11-6-8-18-9-7-11/h10-11H,3-9H2,1-2H3,(H,15,16,17). The Hall–Kier alpha value is -0.810. The van der Waals surface area contributed by atoms with Gasteiger partial charge in [-0.15, -0.1) is 11.8 Å². The maximum atomic E-state index is 5.40. The number of hydrogen-bond donors (Lipinski definition) is 1. The molecule has 2 rings (SSSR count). The van der Waals surface area contributed by atoms with E-state index >= 15 is 0 Å². The number of ether oxygens (including phenoxy) is 1.